The Morgan fingerprint density at radius 3 is 2.05 bits per heavy atom. The Morgan fingerprint density at radius 2 is 1.63 bits per heavy atom. The zero-order valence-electron chi connectivity index (χ0n) is 11.5. The van der Waals surface area contributed by atoms with E-state index in [1.54, 1.807) is 26.0 Å². The van der Waals surface area contributed by atoms with E-state index < -0.39 is 0 Å². The molecule has 0 heterocycles. The Bertz CT molecular complexity index is 420. The topological polar surface area (TPSA) is 55.1 Å². The first kappa shape index (κ1) is 19.3. The van der Waals surface area contributed by atoms with Crippen molar-refractivity contribution in [2.75, 3.05) is 5.32 Å². The third-order valence-electron chi connectivity index (χ3n) is 2.19. The minimum Gasteiger partial charge on any atom is -0.398 e. The van der Waals surface area contributed by atoms with E-state index in [4.69, 9.17) is 5.73 Å². The first-order valence-corrected chi connectivity index (χ1v) is 6.14. The molecule has 0 fully saturated rings. The summed E-state index contributed by atoms with van der Waals surface area (Å²) in [5.41, 5.74) is 7.45. The third-order valence-corrected chi connectivity index (χ3v) is 2.19. The first-order valence-electron chi connectivity index (χ1n) is 6.14. The van der Waals surface area contributed by atoms with Crippen molar-refractivity contribution in [1.82, 2.24) is 0 Å². The molecule has 0 atom stereocenters. The van der Waals surface area contributed by atoms with E-state index in [1.165, 1.54) is 0 Å². The highest BCUT2D eigenvalue weighted by atomic mass is 16.1. The molecule has 106 valence electrons. The van der Waals surface area contributed by atoms with Gasteiger partial charge in [-0.25, -0.2) is 0 Å². The monoisotopic (exact) mass is 262 g/mol. The van der Waals surface area contributed by atoms with Crippen LogP contribution < -0.4 is 11.1 Å². The standard InChI is InChI=1S/C13H16N2O.C2H6.CH4/c1-3-11(12(14)4-2)13(16)15-10-8-6-5-7-9-10;1-2;/h3-9H,14H2,1-2H3,(H,15,16);1-2H3;1H4/b11-3+,12-4+;;. The van der Waals surface area contributed by atoms with Gasteiger partial charge in [0, 0.05) is 11.4 Å². The van der Waals surface area contributed by atoms with Crippen LogP contribution in [0.5, 0.6) is 0 Å². The summed E-state index contributed by atoms with van der Waals surface area (Å²) < 4.78 is 0. The summed E-state index contributed by atoms with van der Waals surface area (Å²) in [6.45, 7) is 7.59. The van der Waals surface area contributed by atoms with Gasteiger partial charge in [0.15, 0.2) is 0 Å². The number of amides is 1. The zero-order valence-corrected chi connectivity index (χ0v) is 11.5. The number of carbonyl (C=O) groups excluding carboxylic acids is 1. The lowest BCUT2D eigenvalue weighted by atomic mass is 10.1. The number of anilines is 1. The van der Waals surface area contributed by atoms with Crippen molar-refractivity contribution in [3.63, 3.8) is 0 Å². The van der Waals surface area contributed by atoms with E-state index >= 15 is 0 Å². The number of benzene rings is 1. The minimum atomic E-state index is -0.190. The van der Waals surface area contributed by atoms with E-state index in [1.807, 2.05) is 44.2 Å². The number of allylic oxidation sites excluding steroid dienone is 2. The summed E-state index contributed by atoms with van der Waals surface area (Å²) in [6.07, 6.45) is 3.41. The normalized spacial score (nSPS) is 10.7. The number of nitrogens with two attached hydrogens (primary N) is 1. The van der Waals surface area contributed by atoms with Gasteiger partial charge in [-0.2, -0.15) is 0 Å². The van der Waals surface area contributed by atoms with Crippen LogP contribution in [0.2, 0.25) is 0 Å². The van der Waals surface area contributed by atoms with E-state index in [-0.39, 0.29) is 13.3 Å². The van der Waals surface area contributed by atoms with Gasteiger partial charge in [-0.3, -0.25) is 4.79 Å². The molecule has 3 heteroatoms. The molecule has 0 aliphatic heterocycles. The van der Waals surface area contributed by atoms with Crippen molar-refractivity contribution < 1.29 is 4.79 Å². The molecule has 19 heavy (non-hydrogen) atoms. The van der Waals surface area contributed by atoms with Crippen molar-refractivity contribution >= 4 is 11.6 Å². The first-order chi connectivity index (χ1) is 8.69. The molecule has 3 nitrogen and oxygen atoms in total. The summed E-state index contributed by atoms with van der Waals surface area (Å²) in [5.74, 6) is -0.190. The van der Waals surface area contributed by atoms with Crippen molar-refractivity contribution in [2.45, 2.75) is 35.1 Å². The molecule has 0 aromatic heterocycles. The minimum absolute atomic E-state index is 0. The average molecular weight is 262 g/mol. The fourth-order valence-corrected chi connectivity index (χ4v) is 1.30. The summed E-state index contributed by atoms with van der Waals surface area (Å²) in [6, 6.07) is 9.29. The molecule has 0 bridgehead atoms. The summed E-state index contributed by atoms with van der Waals surface area (Å²) >= 11 is 0. The van der Waals surface area contributed by atoms with E-state index in [9.17, 15) is 4.79 Å². The van der Waals surface area contributed by atoms with Gasteiger partial charge in [0.1, 0.15) is 0 Å². The van der Waals surface area contributed by atoms with Gasteiger partial charge in [0.25, 0.3) is 5.91 Å². The molecular weight excluding hydrogens is 236 g/mol. The molecule has 3 N–H and O–H groups in total. The number of carbonyl (C=O) groups is 1. The van der Waals surface area contributed by atoms with Crippen LogP contribution in [-0.2, 0) is 4.79 Å². The maximum absolute atomic E-state index is 11.8. The van der Waals surface area contributed by atoms with Crippen LogP contribution >= 0.6 is 0 Å². The molecule has 0 spiro atoms. The second-order valence-electron chi connectivity index (χ2n) is 3.27. The highest BCUT2D eigenvalue weighted by molar-refractivity contribution is 6.06. The third kappa shape index (κ3) is 6.46. The molecular formula is C16H26N2O. The van der Waals surface area contributed by atoms with Crippen LogP contribution in [0.25, 0.3) is 0 Å². The second kappa shape index (κ2) is 11.1. The maximum atomic E-state index is 11.8. The molecule has 1 amide bonds. The summed E-state index contributed by atoms with van der Waals surface area (Å²) in [4.78, 5) is 11.8. The Hall–Kier alpha value is -2.03. The quantitative estimate of drug-likeness (QED) is 0.636. The second-order valence-corrected chi connectivity index (χ2v) is 3.27. The molecule has 0 aliphatic carbocycles. The molecule has 1 aromatic rings. The van der Waals surface area contributed by atoms with Crippen LogP contribution in [0.15, 0.2) is 53.8 Å². The van der Waals surface area contributed by atoms with Crippen LogP contribution in [-0.4, -0.2) is 5.91 Å². The predicted octanol–water partition coefficient (Wildman–Crippen LogP) is 4.10. The lowest BCUT2D eigenvalue weighted by Crippen LogP contribution is -2.18. The van der Waals surface area contributed by atoms with E-state index in [0.29, 0.717) is 11.3 Å². The molecule has 0 saturated heterocycles. The highest BCUT2D eigenvalue weighted by Gasteiger charge is 2.10. The number of hydrogen-bond acceptors (Lipinski definition) is 2. The largest absolute Gasteiger partial charge is 0.398 e. The molecule has 0 aliphatic rings. The fourth-order valence-electron chi connectivity index (χ4n) is 1.30. The molecule has 0 radical (unpaired) electrons. The smallest absolute Gasteiger partial charge is 0.257 e. The van der Waals surface area contributed by atoms with E-state index in [2.05, 4.69) is 5.32 Å². The Labute approximate surface area is 117 Å². The van der Waals surface area contributed by atoms with Crippen LogP contribution in [0.1, 0.15) is 35.1 Å². The zero-order chi connectivity index (χ0) is 14.0. The van der Waals surface area contributed by atoms with E-state index in [0.717, 1.165) is 5.69 Å². The number of hydrogen-bond donors (Lipinski definition) is 2. The SMILES string of the molecule is C.C/C=C(N)\C(=C/C)C(=O)Nc1ccccc1.CC. The number of nitrogens with one attached hydrogen (secondary N) is 1. The Balaban J connectivity index is 0. The molecule has 0 unspecified atom stereocenters. The van der Waals surface area contributed by atoms with Gasteiger partial charge in [-0.1, -0.05) is 51.6 Å². The Morgan fingerprint density at radius 1 is 1.11 bits per heavy atom. The van der Waals surface area contributed by atoms with Gasteiger partial charge in [0.05, 0.1) is 5.57 Å². The molecule has 1 rings (SSSR count). The van der Waals surface area contributed by atoms with Gasteiger partial charge < -0.3 is 11.1 Å². The van der Waals surface area contributed by atoms with Crippen molar-refractivity contribution in [1.29, 1.82) is 0 Å². The van der Waals surface area contributed by atoms with Crippen molar-refractivity contribution in [3.05, 3.63) is 53.8 Å². The maximum Gasteiger partial charge on any atom is 0.257 e. The molecule has 1 aromatic carbocycles. The average Bonchev–Trinajstić information content (AvgIpc) is 2.42. The molecule has 0 saturated carbocycles. The van der Waals surface area contributed by atoms with Crippen LogP contribution in [0.4, 0.5) is 5.69 Å². The van der Waals surface area contributed by atoms with Gasteiger partial charge in [-0.05, 0) is 26.0 Å². The number of para-hydroxylation sites is 1. The van der Waals surface area contributed by atoms with Crippen LogP contribution in [0, 0.1) is 0 Å². The number of rotatable bonds is 3. The fraction of sp³-hybridized carbons (Fsp3) is 0.312. The highest BCUT2D eigenvalue weighted by Crippen LogP contribution is 2.10. The van der Waals surface area contributed by atoms with Crippen LogP contribution in [0.3, 0.4) is 0 Å². The summed E-state index contributed by atoms with van der Waals surface area (Å²) in [5, 5.41) is 2.78. The lowest BCUT2D eigenvalue weighted by molar-refractivity contribution is -0.112. The lowest BCUT2D eigenvalue weighted by Gasteiger charge is -2.08. The van der Waals surface area contributed by atoms with Gasteiger partial charge in [0.2, 0.25) is 0 Å². The van der Waals surface area contributed by atoms with Crippen molar-refractivity contribution in [2.24, 2.45) is 5.73 Å². The predicted molar refractivity (Wildman–Crippen MR) is 84.9 cm³/mol. The van der Waals surface area contributed by atoms with Gasteiger partial charge >= 0.3 is 0 Å². The Kier molecular flexibility index (Phi) is 11.3. The van der Waals surface area contributed by atoms with Gasteiger partial charge in [-0.15, -0.1) is 0 Å². The summed E-state index contributed by atoms with van der Waals surface area (Å²) in [7, 11) is 0. The van der Waals surface area contributed by atoms with Crippen molar-refractivity contribution in [3.8, 4) is 0 Å².